The number of nitrogens with zero attached hydrogens (tertiary/aromatic N) is 1. The van der Waals surface area contributed by atoms with Crippen LogP contribution in [0.25, 0.3) is 0 Å². The number of hydrogen-bond acceptors (Lipinski definition) is 4. The summed E-state index contributed by atoms with van der Waals surface area (Å²) in [6, 6.07) is 13.2. The van der Waals surface area contributed by atoms with Gasteiger partial charge in [-0.25, -0.2) is 4.39 Å². The summed E-state index contributed by atoms with van der Waals surface area (Å²) >= 11 is 0. The van der Waals surface area contributed by atoms with E-state index in [2.05, 4.69) is 0 Å². The predicted molar refractivity (Wildman–Crippen MR) is 89.9 cm³/mol. The lowest BCUT2D eigenvalue weighted by molar-refractivity contribution is -0.132. The fourth-order valence-electron chi connectivity index (χ4n) is 2.70. The lowest BCUT2D eigenvalue weighted by Crippen LogP contribution is -2.34. The van der Waals surface area contributed by atoms with Gasteiger partial charge in [0.25, 0.3) is 5.91 Å². The number of aliphatic hydroxyl groups is 1. The van der Waals surface area contributed by atoms with Gasteiger partial charge in [0, 0.05) is 13.0 Å². The highest BCUT2D eigenvalue weighted by Crippen LogP contribution is 2.21. The molecule has 0 aliphatic carbocycles. The van der Waals surface area contributed by atoms with Crippen LogP contribution in [0.5, 0.6) is 11.5 Å². The number of likely N-dealkylation sites (tertiary alicyclic amines) is 1. The summed E-state index contributed by atoms with van der Waals surface area (Å²) in [6.45, 7) is 0.881. The monoisotopic (exact) mass is 345 g/mol. The molecule has 0 unspecified atom stereocenters. The Morgan fingerprint density at radius 1 is 1.20 bits per heavy atom. The summed E-state index contributed by atoms with van der Waals surface area (Å²) in [5.74, 6) is 0.249. The van der Waals surface area contributed by atoms with E-state index in [9.17, 15) is 9.18 Å². The Labute approximate surface area is 145 Å². The smallest absolute Gasteiger partial charge is 0.260 e. The summed E-state index contributed by atoms with van der Waals surface area (Å²) in [5.41, 5.74) is 0.784. The van der Waals surface area contributed by atoms with Crippen molar-refractivity contribution in [3.8, 4) is 11.5 Å². The fraction of sp³-hybridized carbons (Fsp3) is 0.316. The molecule has 1 N–H and O–H groups in total. The van der Waals surface area contributed by atoms with Crippen LogP contribution < -0.4 is 9.47 Å². The molecule has 2 aromatic carbocycles. The maximum atomic E-state index is 13.6. The minimum absolute atomic E-state index is 0.0314. The summed E-state index contributed by atoms with van der Waals surface area (Å²) < 4.78 is 24.7. The normalized spacial score (nSPS) is 16.7. The average Bonchev–Trinajstić information content (AvgIpc) is 3.11. The minimum Gasteiger partial charge on any atom is -0.485 e. The zero-order valence-electron chi connectivity index (χ0n) is 13.7. The number of para-hydroxylation sites is 1. The third kappa shape index (κ3) is 4.48. The van der Waals surface area contributed by atoms with Gasteiger partial charge in [-0.2, -0.15) is 0 Å². The zero-order valence-corrected chi connectivity index (χ0v) is 13.7. The van der Waals surface area contributed by atoms with Gasteiger partial charge in [-0.3, -0.25) is 4.79 Å². The molecule has 5 nitrogen and oxygen atoms in total. The maximum Gasteiger partial charge on any atom is 0.260 e. The van der Waals surface area contributed by atoms with Gasteiger partial charge < -0.3 is 19.5 Å². The van der Waals surface area contributed by atoms with Crippen molar-refractivity contribution in [2.24, 2.45) is 0 Å². The Bertz CT molecular complexity index is 720. The van der Waals surface area contributed by atoms with Crippen LogP contribution in [0.2, 0.25) is 0 Å². The Morgan fingerprint density at radius 3 is 2.68 bits per heavy atom. The van der Waals surface area contributed by atoms with Gasteiger partial charge in [-0.15, -0.1) is 0 Å². The number of carbonyl (C=O) groups is 1. The van der Waals surface area contributed by atoms with E-state index in [-0.39, 0.29) is 31.0 Å². The number of aliphatic hydroxyl groups excluding tert-OH is 1. The first-order chi connectivity index (χ1) is 12.2. The Morgan fingerprint density at radius 2 is 1.96 bits per heavy atom. The highest BCUT2D eigenvalue weighted by atomic mass is 19.1. The molecule has 1 aliphatic heterocycles. The predicted octanol–water partition coefficient (Wildman–Crippen LogP) is 2.38. The molecule has 0 aromatic heterocycles. The lowest BCUT2D eigenvalue weighted by Gasteiger charge is -2.18. The molecule has 0 saturated carbocycles. The molecule has 2 aromatic rings. The van der Waals surface area contributed by atoms with E-state index in [4.69, 9.17) is 14.6 Å². The number of hydrogen-bond donors (Lipinski definition) is 1. The van der Waals surface area contributed by atoms with Crippen molar-refractivity contribution in [3.63, 3.8) is 0 Å². The largest absolute Gasteiger partial charge is 0.485 e. The number of halogens is 1. The number of ether oxygens (including phenoxy) is 2. The lowest BCUT2D eigenvalue weighted by atomic mass is 10.2. The fourth-order valence-corrected chi connectivity index (χ4v) is 2.70. The van der Waals surface area contributed by atoms with Gasteiger partial charge in [-0.1, -0.05) is 24.3 Å². The van der Waals surface area contributed by atoms with Crippen molar-refractivity contribution < 1.29 is 23.8 Å². The number of carbonyl (C=O) groups excluding carboxylic acids is 1. The second-order valence-electron chi connectivity index (χ2n) is 5.89. The van der Waals surface area contributed by atoms with E-state index in [0.717, 1.165) is 5.56 Å². The molecule has 0 radical (unpaired) electrons. The topological polar surface area (TPSA) is 59.0 Å². The third-order valence-electron chi connectivity index (χ3n) is 4.10. The van der Waals surface area contributed by atoms with Crippen LogP contribution in [0.3, 0.4) is 0 Å². The molecule has 1 aliphatic rings. The highest BCUT2D eigenvalue weighted by molar-refractivity contribution is 5.78. The Kier molecular flexibility index (Phi) is 5.50. The van der Waals surface area contributed by atoms with Crippen LogP contribution in [0.1, 0.15) is 12.0 Å². The first-order valence-electron chi connectivity index (χ1n) is 8.17. The molecule has 1 fully saturated rings. The molecule has 3 rings (SSSR count). The van der Waals surface area contributed by atoms with Crippen molar-refractivity contribution in [2.75, 3.05) is 19.7 Å². The Hall–Kier alpha value is -2.60. The van der Waals surface area contributed by atoms with Crippen LogP contribution in [-0.4, -0.2) is 41.7 Å². The molecule has 6 heteroatoms. The van der Waals surface area contributed by atoms with Crippen molar-refractivity contribution >= 4 is 5.91 Å². The summed E-state index contributed by atoms with van der Waals surface area (Å²) in [6.07, 6.45) is 0.440. The molecule has 0 spiro atoms. The van der Waals surface area contributed by atoms with Gasteiger partial charge in [0.15, 0.2) is 18.2 Å². The van der Waals surface area contributed by atoms with Crippen LogP contribution in [0.4, 0.5) is 4.39 Å². The minimum atomic E-state index is -0.401. The molecule has 1 atom stereocenters. The van der Waals surface area contributed by atoms with Crippen molar-refractivity contribution in [1.29, 1.82) is 0 Å². The first-order valence-corrected chi connectivity index (χ1v) is 8.17. The molecule has 1 amide bonds. The number of amides is 1. The average molecular weight is 345 g/mol. The number of rotatable bonds is 6. The molecule has 25 heavy (non-hydrogen) atoms. The van der Waals surface area contributed by atoms with Crippen molar-refractivity contribution in [1.82, 2.24) is 4.90 Å². The second-order valence-corrected chi connectivity index (χ2v) is 5.89. The van der Waals surface area contributed by atoms with Crippen LogP contribution in [0.15, 0.2) is 48.5 Å². The van der Waals surface area contributed by atoms with Gasteiger partial charge in [0.2, 0.25) is 0 Å². The van der Waals surface area contributed by atoms with E-state index in [1.165, 1.54) is 6.07 Å². The van der Waals surface area contributed by atoms with Crippen LogP contribution in [-0.2, 0) is 11.4 Å². The number of benzene rings is 2. The Balaban J connectivity index is 1.48. The molecular formula is C19H20FNO4. The molecule has 1 heterocycles. The standard InChI is InChI=1S/C19H20FNO4/c20-17-3-1-2-4-18(17)25-16-9-10-21(11-16)19(23)13-24-15-7-5-14(12-22)6-8-15/h1-8,16,22H,9-13H2/t16-/m1/s1. The highest BCUT2D eigenvalue weighted by Gasteiger charge is 2.28. The maximum absolute atomic E-state index is 13.6. The van der Waals surface area contributed by atoms with E-state index in [1.54, 1.807) is 47.4 Å². The third-order valence-corrected chi connectivity index (χ3v) is 4.10. The summed E-state index contributed by atoms with van der Waals surface area (Å²) in [4.78, 5) is 13.9. The van der Waals surface area contributed by atoms with E-state index >= 15 is 0 Å². The van der Waals surface area contributed by atoms with E-state index in [0.29, 0.717) is 25.3 Å². The van der Waals surface area contributed by atoms with Gasteiger partial charge in [0.1, 0.15) is 11.9 Å². The molecule has 1 saturated heterocycles. The van der Waals surface area contributed by atoms with Gasteiger partial charge in [0.05, 0.1) is 13.2 Å². The second kappa shape index (κ2) is 7.98. The molecule has 132 valence electrons. The van der Waals surface area contributed by atoms with Crippen molar-refractivity contribution in [3.05, 3.63) is 59.9 Å². The van der Waals surface area contributed by atoms with Crippen molar-refractivity contribution in [2.45, 2.75) is 19.1 Å². The van der Waals surface area contributed by atoms with Gasteiger partial charge in [-0.05, 0) is 29.8 Å². The molecular weight excluding hydrogens is 325 g/mol. The summed E-state index contributed by atoms with van der Waals surface area (Å²) in [7, 11) is 0. The SMILES string of the molecule is O=C(COc1ccc(CO)cc1)N1CC[C@@H](Oc2ccccc2F)C1. The van der Waals surface area contributed by atoms with E-state index < -0.39 is 5.82 Å². The molecule has 0 bridgehead atoms. The van der Waals surface area contributed by atoms with E-state index in [1.807, 2.05) is 0 Å². The first kappa shape index (κ1) is 17.2. The summed E-state index contributed by atoms with van der Waals surface area (Å²) in [5, 5.41) is 9.00. The van der Waals surface area contributed by atoms with Crippen LogP contribution >= 0.6 is 0 Å². The quantitative estimate of drug-likeness (QED) is 0.873. The zero-order chi connectivity index (χ0) is 17.6. The van der Waals surface area contributed by atoms with Crippen LogP contribution in [0, 0.1) is 5.82 Å². The van der Waals surface area contributed by atoms with Gasteiger partial charge >= 0.3 is 0 Å².